The predicted octanol–water partition coefficient (Wildman–Crippen LogP) is 4.58. The predicted molar refractivity (Wildman–Crippen MR) is 91.3 cm³/mol. The molecule has 1 aliphatic rings. The third kappa shape index (κ3) is 2.96. The van der Waals surface area contributed by atoms with Crippen LogP contribution < -0.4 is 0 Å². The molecule has 3 rings (SSSR count). The smallest absolute Gasteiger partial charge is 0.196 e. The van der Waals surface area contributed by atoms with E-state index in [9.17, 15) is 0 Å². The van der Waals surface area contributed by atoms with Crippen LogP contribution >= 0.6 is 0 Å². The second-order valence-electron chi connectivity index (χ2n) is 5.98. The minimum Gasteiger partial charge on any atom is -0.478 e. The lowest BCUT2D eigenvalue weighted by atomic mass is 9.91. The highest BCUT2D eigenvalue weighted by molar-refractivity contribution is 5.88. The summed E-state index contributed by atoms with van der Waals surface area (Å²) in [6, 6.07) is 20.8. The molecule has 112 valence electrons. The van der Waals surface area contributed by atoms with Crippen molar-refractivity contribution in [2.24, 2.45) is 4.99 Å². The molecule has 2 nitrogen and oxygen atoms in total. The first kappa shape index (κ1) is 14.6. The van der Waals surface area contributed by atoms with Crippen LogP contribution in [0.5, 0.6) is 0 Å². The maximum atomic E-state index is 5.99. The van der Waals surface area contributed by atoms with E-state index in [0.29, 0.717) is 6.61 Å². The highest BCUT2D eigenvalue weighted by Gasteiger charge is 2.35. The zero-order valence-electron chi connectivity index (χ0n) is 12.9. The second kappa shape index (κ2) is 6.18. The van der Waals surface area contributed by atoms with Crippen molar-refractivity contribution in [3.05, 3.63) is 84.4 Å². The van der Waals surface area contributed by atoms with Crippen LogP contribution in [0.4, 0.5) is 0 Å². The van der Waals surface area contributed by atoms with Crippen LogP contribution in [0.15, 0.2) is 78.3 Å². The molecular formula is C20H21NO. The monoisotopic (exact) mass is 291 g/mol. The van der Waals surface area contributed by atoms with E-state index >= 15 is 0 Å². The van der Waals surface area contributed by atoms with E-state index in [2.05, 4.69) is 62.0 Å². The van der Waals surface area contributed by atoms with Gasteiger partial charge >= 0.3 is 0 Å². The van der Waals surface area contributed by atoms with Gasteiger partial charge in [0.2, 0.25) is 0 Å². The van der Waals surface area contributed by atoms with E-state index in [1.807, 2.05) is 18.2 Å². The largest absolute Gasteiger partial charge is 0.478 e. The van der Waals surface area contributed by atoms with Crippen molar-refractivity contribution in [1.29, 1.82) is 0 Å². The summed E-state index contributed by atoms with van der Waals surface area (Å²) in [5.41, 5.74) is 2.21. The minimum absolute atomic E-state index is 0.0500. The van der Waals surface area contributed by atoms with Gasteiger partial charge in [-0.25, -0.2) is 4.99 Å². The molecule has 0 N–H and O–H groups in total. The van der Waals surface area contributed by atoms with Crippen molar-refractivity contribution >= 4 is 5.90 Å². The Morgan fingerprint density at radius 1 is 1.09 bits per heavy atom. The molecule has 0 aliphatic carbocycles. The van der Waals surface area contributed by atoms with Crippen LogP contribution in [0, 0.1) is 0 Å². The Labute approximate surface area is 132 Å². The Morgan fingerprint density at radius 3 is 2.14 bits per heavy atom. The third-order valence-electron chi connectivity index (χ3n) is 4.01. The van der Waals surface area contributed by atoms with Crippen molar-refractivity contribution in [3.63, 3.8) is 0 Å². The lowest BCUT2D eigenvalue weighted by molar-refractivity contribution is 0.262. The van der Waals surface area contributed by atoms with Gasteiger partial charge in [0.1, 0.15) is 6.61 Å². The van der Waals surface area contributed by atoms with Crippen molar-refractivity contribution in [2.45, 2.75) is 24.8 Å². The van der Waals surface area contributed by atoms with Gasteiger partial charge in [-0.2, -0.15) is 0 Å². The number of nitrogens with zero attached hydrogens (tertiary/aromatic N) is 1. The molecule has 0 saturated carbocycles. The van der Waals surface area contributed by atoms with E-state index in [4.69, 9.17) is 9.73 Å². The topological polar surface area (TPSA) is 21.6 Å². The van der Waals surface area contributed by atoms with Gasteiger partial charge in [0.05, 0.1) is 11.5 Å². The summed E-state index contributed by atoms with van der Waals surface area (Å²) in [7, 11) is 0. The van der Waals surface area contributed by atoms with E-state index in [-0.39, 0.29) is 11.5 Å². The molecule has 0 amide bonds. The highest BCUT2D eigenvalue weighted by Crippen LogP contribution is 2.33. The zero-order chi connectivity index (χ0) is 15.4. The first-order chi connectivity index (χ1) is 10.7. The van der Waals surface area contributed by atoms with E-state index in [0.717, 1.165) is 12.3 Å². The van der Waals surface area contributed by atoms with Crippen LogP contribution in [0.3, 0.4) is 0 Å². The number of rotatable bonds is 5. The third-order valence-corrected chi connectivity index (χ3v) is 4.01. The molecular weight excluding hydrogens is 270 g/mol. The summed E-state index contributed by atoms with van der Waals surface area (Å²) >= 11 is 0. The molecule has 1 atom stereocenters. The van der Waals surface area contributed by atoms with Gasteiger partial charge in [-0.1, -0.05) is 66.7 Å². The first-order valence-corrected chi connectivity index (χ1v) is 7.65. The molecule has 2 aromatic carbocycles. The van der Waals surface area contributed by atoms with Gasteiger partial charge in [0, 0.05) is 0 Å². The fraction of sp³-hybridized carbons (Fsp3) is 0.250. The highest BCUT2D eigenvalue weighted by atomic mass is 16.5. The fourth-order valence-electron chi connectivity index (χ4n) is 2.89. The average molecular weight is 291 g/mol. The Kier molecular flexibility index (Phi) is 4.10. The molecule has 0 fully saturated rings. The number of ether oxygens (including phenoxy) is 1. The van der Waals surface area contributed by atoms with Crippen molar-refractivity contribution < 1.29 is 4.74 Å². The lowest BCUT2D eigenvalue weighted by Gasteiger charge is -2.17. The van der Waals surface area contributed by atoms with E-state index in [1.165, 1.54) is 11.1 Å². The van der Waals surface area contributed by atoms with E-state index in [1.54, 1.807) is 0 Å². The molecule has 1 aliphatic heterocycles. The van der Waals surface area contributed by atoms with Crippen molar-refractivity contribution in [3.8, 4) is 0 Å². The quantitative estimate of drug-likeness (QED) is 0.739. The fourth-order valence-corrected chi connectivity index (χ4v) is 2.89. The standard InChI is InChI=1S/C20H21NO/c1-3-14-20(2)15-22-19(21-20)18(16-10-6-4-7-11-16)17-12-8-5-9-13-17/h3-13,18H,1,14-15H2,2H3/t20-/m0/s1. The van der Waals surface area contributed by atoms with Crippen LogP contribution in [0.25, 0.3) is 0 Å². The summed E-state index contributed by atoms with van der Waals surface area (Å²) in [6.07, 6.45) is 2.74. The molecule has 1 heterocycles. The summed E-state index contributed by atoms with van der Waals surface area (Å²) in [4.78, 5) is 4.89. The van der Waals surface area contributed by atoms with Crippen LogP contribution in [0.1, 0.15) is 30.4 Å². The number of hydrogen-bond donors (Lipinski definition) is 0. The first-order valence-electron chi connectivity index (χ1n) is 7.65. The normalized spacial score (nSPS) is 20.5. The Bertz CT molecular complexity index is 623. The van der Waals surface area contributed by atoms with Gasteiger partial charge in [-0.05, 0) is 24.5 Å². The molecule has 2 heteroatoms. The number of hydrogen-bond acceptors (Lipinski definition) is 2. The summed E-state index contributed by atoms with van der Waals surface area (Å²) in [6.45, 7) is 6.57. The Hall–Kier alpha value is -2.35. The summed E-state index contributed by atoms with van der Waals surface area (Å²) < 4.78 is 5.99. The lowest BCUT2D eigenvalue weighted by Crippen LogP contribution is -2.22. The van der Waals surface area contributed by atoms with Crippen molar-refractivity contribution in [2.75, 3.05) is 6.61 Å². The van der Waals surface area contributed by atoms with Gasteiger partial charge in [-0.15, -0.1) is 6.58 Å². The molecule has 2 aromatic rings. The Balaban J connectivity index is 2.02. The maximum Gasteiger partial charge on any atom is 0.196 e. The van der Waals surface area contributed by atoms with Gasteiger partial charge < -0.3 is 4.74 Å². The molecule has 0 bridgehead atoms. The SMILES string of the molecule is C=CC[C@@]1(C)COC(C(c2ccccc2)c2ccccc2)=N1. The van der Waals surface area contributed by atoms with Crippen LogP contribution in [0.2, 0.25) is 0 Å². The minimum atomic E-state index is -0.196. The van der Waals surface area contributed by atoms with Crippen LogP contribution in [-0.4, -0.2) is 18.0 Å². The van der Waals surface area contributed by atoms with Gasteiger partial charge in [0.15, 0.2) is 5.90 Å². The summed E-state index contributed by atoms with van der Waals surface area (Å²) in [5.74, 6) is 0.857. The molecule has 0 spiro atoms. The number of aliphatic imine (C=N–C) groups is 1. The van der Waals surface area contributed by atoms with Gasteiger partial charge in [0.25, 0.3) is 0 Å². The number of benzene rings is 2. The average Bonchev–Trinajstić information content (AvgIpc) is 2.92. The molecule has 0 unspecified atom stereocenters. The van der Waals surface area contributed by atoms with E-state index < -0.39 is 0 Å². The Morgan fingerprint density at radius 2 is 1.64 bits per heavy atom. The van der Waals surface area contributed by atoms with Gasteiger partial charge in [-0.3, -0.25) is 0 Å². The summed E-state index contributed by atoms with van der Waals surface area (Å²) in [5, 5.41) is 0. The molecule has 0 radical (unpaired) electrons. The molecule has 0 saturated heterocycles. The van der Waals surface area contributed by atoms with Crippen molar-refractivity contribution in [1.82, 2.24) is 0 Å². The molecule has 22 heavy (non-hydrogen) atoms. The molecule has 0 aromatic heterocycles. The zero-order valence-corrected chi connectivity index (χ0v) is 12.9. The maximum absolute atomic E-state index is 5.99. The second-order valence-corrected chi connectivity index (χ2v) is 5.98. The van der Waals surface area contributed by atoms with Crippen LogP contribution in [-0.2, 0) is 4.74 Å².